The summed E-state index contributed by atoms with van der Waals surface area (Å²) in [6.45, 7) is 2.65. The second kappa shape index (κ2) is 6.09. The quantitative estimate of drug-likeness (QED) is 0.837. The molecule has 4 nitrogen and oxygen atoms in total. The lowest BCUT2D eigenvalue weighted by molar-refractivity contribution is 0.0563. The highest BCUT2D eigenvalue weighted by molar-refractivity contribution is 5.86. The number of nitrogens with one attached hydrogen (secondary N) is 1. The molecule has 0 unspecified atom stereocenters. The fraction of sp³-hybridized carbons (Fsp3) is 0.267. The molecular formula is C15H17NO3. The average Bonchev–Trinajstić information content (AvgIpc) is 2.93. The molecule has 1 aromatic heterocycles. The van der Waals surface area contributed by atoms with Gasteiger partial charge in [-0.15, -0.1) is 0 Å². The standard InChI is InChI=1S/C15H17NO3/c1-3-11-6-4-5-7-13(11)16-10-12-8-9-14(19-12)15(17)18-2/h4-9,16H,3,10H2,1-2H3. The molecule has 0 amide bonds. The average molecular weight is 259 g/mol. The van der Waals surface area contributed by atoms with Gasteiger partial charge in [-0.2, -0.15) is 0 Å². The molecule has 100 valence electrons. The number of carbonyl (C=O) groups excluding carboxylic acids is 1. The Kier molecular flexibility index (Phi) is 4.23. The summed E-state index contributed by atoms with van der Waals surface area (Å²) in [6.07, 6.45) is 0.967. The third kappa shape index (κ3) is 3.16. The van der Waals surface area contributed by atoms with E-state index >= 15 is 0 Å². The second-order valence-corrected chi connectivity index (χ2v) is 4.12. The lowest BCUT2D eigenvalue weighted by Crippen LogP contribution is -2.01. The molecular weight excluding hydrogens is 242 g/mol. The summed E-state index contributed by atoms with van der Waals surface area (Å²) in [6, 6.07) is 11.5. The number of benzene rings is 1. The van der Waals surface area contributed by atoms with Crippen LogP contribution in [0.25, 0.3) is 0 Å². The van der Waals surface area contributed by atoms with Gasteiger partial charge in [0.05, 0.1) is 13.7 Å². The van der Waals surface area contributed by atoms with Crippen molar-refractivity contribution >= 4 is 11.7 Å². The van der Waals surface area contributed by atoms with Crippen molar-refractivity contribution in [2.45, 2.75) is 19.9 Å². The normalized spacial score (nSPS) is 10.2. The van der Waals surface area contributed by atoms with Crippen LogP contribution in [0.3, 0.4) is 0 Å². The molecule has 0 aliphatic carbocycles. The van der Waals surface area contributed by atoms with Crippen molar-refractivity contribution < 1.29 is 13.9 Å². The number of anilines is 1. The van der Waals surface area contributed by atoms with E-state index in [0.29, 0.717) is 12.3 Å². The highest BCUT2D eigenvalue weighted by atomic mass is 16.5. The van der Waals surface area contributed by atoms with Gasteiger partial charge in [0.1, 0.15) is 5.76 Å². The highest BCUT2D eigenvalue weighted by Gasteiger charge is 2.10. The van der Waals surface area contributed by atoms with E-state index in [9.17, 15) is 4.79 Å². The number of hydrogen-bond acceptors (Lipinski definition) is 4. The predicted octanol–water partition coefficient (Wildman–Crippen LogP) is 3.24. The molecule has 1 heterocycles. The van der Waals surface area contributed by atoms with E-state index in [2.05, 4.69) is 23.0 Å². The van der Waals surface area contributed by atoms with Gasteiger partial charge >= 0.3 is 5.97 Å². The number of aryl methyl sites for hydroxylation is 1. The number of esters is 1. The van der Waals surface area contributed by atoms with Gasteiger partial charge in [0, 0.05) is 5.69 Å². The predicted molar refractivity (Wildman–Crippen MR) is 73.2 cm³/mol. The van der Waals surface area contributed by atoms with E-state index in [1.54, 1.807) is 12.1 Å². The van der Waals surface area contributed by atoms with Crippen LogP contribution < -0.4 is 5.32 Å². The van der Waals surface area contributed by atoms with E-state index in [1.165, 1.54) is 12.7 Å². The second-order valence-electron chi connectivity index (χ2n) is 4.12. The van der Waals surface area contributed by atoms with Crippen LogP contribution in [0.4, 0.5) is 5.69 Å². The molecule has 2 rings (SSSR count). The molecule has 0 aliphatic heterocycles. The first-order chi connectivity index (χ1) is 9.24. The summed E-state index contributed by atoms with van der Waals surface area (Å²) in [4.78, 5) is 11.3. The number of methoxy groups -OCH3 is 1. The Morgan fingerprint density at radius 3 is 2.79 bits per heavy atom. The minimum Gasteiger partial charge on any atom is -0.463 e. The van der Waals surface area contributed by atoms with Gasteiger partial charge in [0.15, 0.2) is 0 Å². The van der Waals surface area contributed by atoms with Crippen molar-refractivity contribution in [1.29, 1.82) is 0 Å². The zero-order chi connectivity index (χ0) is 13.7. The van der Waals surface area contributed by atoms with Crippen LogP contribution in [0.5, 0.6) is 0 Å². The maximum atomic E-state index is 11.3. The minimum atomic E-state index is -0.458. The summed E-state index contributed by atoms with van der Waals surface area (Å²) in [7, 11) is 1.33. The van der Waals surface area contributed by atoms with Crippen LogP contribution >= 0.6 is 0 Å². The Labute approximate surface area is 112 Å². The number of rotatable bonds is 5. The van der Waals surface area contributed by atoms with Crippen molar-refractivity contribution in [3.63, 3.8) is 0 Å². The van der Waals surface area contributed by atoms with E-state index in [4.69, 9.17) is 4.42 Å². The number of furan rings is 1. The van der Waals surface area contributed by atoms with E-state index < -0.39 is 5.97 Å². The molecule has 0 radical (unpaired) electrons. The Hall–Kier alpha value is -2.23. The Morgan fingerprint density at radius 2 is 2.05 bits per heavy atom. The van der Waals surface area contributed by atoms with Gasteiger partial charge in [-0.05, 0) is 30.2 Å². The Bertz CT molecular complexity index is 560. The topological polar surface area (TPSA) is 51.5 Å². The lowest BCUT2D eigenvalue weighted by Gasteiger charge is -2.09. The number of ether oxygens (including phenoxy) is 1. The fourth-order valence-electron chi connectivity index (χ4n) is 1.87. The third-order valence-electron chi connectivity index (χ3n) is 2.90. The molecule has 19 heavy (non-hydrogen) atoms. The number of carbonyl (C=O) groups is 1. The Balaban J connectivity index is 2.02. The molecule has 0 spiro atoms. The summed E-state index contributed by atoms with van der Waals surface area (Å²) >= 11 is 0. The summed E-state index contributed by atoms with van der Waals surface area (Å²) in [5.74, 6) is 0.467. The van der Waals surface area contributed by atoms with Gasteiger partial charge < -0.3 is 14.5 Å². The van der Waals surface area contributed by atoms with E-state index in [0.717, 1.165) is 12.1 Å². The van der Waals surface area contributed by atoms with Crippen molar-refractivity contribution in [3.8, 4) is 0 Å². The van der Waals surface area contributed by atoms with Crippen molar-refractivity contribution in [2.24, 2.45) is 0 Å². The van der Waals surface area contributed by atoms with Gasteiger partial charge in [-0.25, -0.2) is 4.79 Å². The molecule has 0 saturated heterocycles. The monoisotopic (exact) mass is 259 g/mol. The van der Waals surface area contributed by atoms with Crippen LogP contribution in [0.2, 0.25) is 0 Å². The summed E-state index contributed by atoms with van der Waals surface area (Å²) in [5.41, 5.74) is 2.34. The molecule has 0 saturated carbocycles. The van der Waals surface area contributed by atoms with Gasteiger partial charge in [0.2, 0.25) is 5.76 Å². The molecule has 1 N–H and O–H groups in total. The smallest absolute Gasteiger partial charge is 0.373 e. The minimum absolute atomic E-state index is 0.225. The highest BCUT2D eigenvalue weighted by Crippen LogP contribution is 2.17. The van der Waals surface area contributed by atoms with E-state index in [1.807, 2.05) is 18.2 Å². The fourth-order valence-corrected chi connectivity index (χ4v) is 1.87. The molecule has 0 atom stereocenters. The molecule has 2 aromatic rings. The number of hydrogen-bond donors (Lipinski definition) is 1. The zero-order valence-corrected chi connectivity index (χ0v) is 11.1. The first-order valence-corrected chi connectivity index (χ1v) is 6.23. The van der Waals surface area contributed by atoms with Crippen LogP contribution in [-0.4, -0.2) is 13.1 Å². The van der Waals surface area contributed by atoms with Gasteiger partial charge in [-0.1, -0.05) is 25.1 Å². The first-order valence-electron chi connectivity index (χ1n) is 6.23. The van der Waals surface area contributed by atoms with Crippen LogP contribution in [-0.2, 0) is 17.7 Å². The van der Waals surface area contributed by atoms with Crippen LogP contribution in [0.15, 0.2) is 40.8 Å². The van der Waals surface area contributed by atoms with Gasteiger partial charge in [0.25, 0.3) is 0 Å². The molecule has 1 aromatic carbocycles. The molecule has 0 aliphatic rings. The van der Waals surface area contributed by atoms with Crippen LogP contribution in [0, 0.1) is 0 Å². The SMILES string of the molecule is CCc1ccccc1NCc1ccc(C(=O)OC)o1. The third-order valence-corrected chi connectivity index (χ3v) is 2.90. The molecule has 0 fully saturated rings. The van der Waals surface area contributed by atoms with Crippen molar-refractivity contribution in [2.75, 3.05) is 12.4 Å². The van der Waals surface area contributed by atoms with Crippen molar-refractivity contribution in [1.82, 2.24) is 0 Å². The lowest BCUT2D eigenvalue weighted by atomic mass is 10.1. The maximum absolute atomic E-state index is 11.3. The Morgan fingerprint density at radius 1 is 1.26 bits per heavy atom. The van der Waals surface area contributed by atoms with Gasteiger partial charge in [-0.3, -0.25) is 0 Å². The molecule has 4 heteroatoms. The first kappa shape index (κ1) is 13.2. The largest absolute Gasteiger partial charge is 0.463 e. The zero-order valence-electron chi connectivity index (χ0n) is 11.1. The summed E-state index contributed by atoms with van der Waals surface area (Å²) < 4.78 is 9.99. The van der Waals surface area contributed by atoms with Crippen LogP contribution in [0.1, 0.15) is 28.8 Å². The number of para-hydroxylation sites is 1. The maximum Gasteiger partial charge on any atom is 0.373 e. The molecule has 0 bridgehead atoms. The van der Waals surface area contributed by atoms with E-state index in [-0.39, 0.29) is 5.76 Å². The van der Waals surface area contributed by atoms with Crippen molar-refractivity contribution in [3.05, 3.63) is 53.5 Å². The summed E-state index contributed by atoms with van der Waals surface area (Å²) in [5, 5.41) is 3.30.